The number of pyridine rings is 1. The van der Waals surface area contributed by atoms with Crippen molar-refractivity contribution in [2.45, 2.75) is 23.7 Å². The molecule has 2 aromatic rings. The van der Waals surface area contributed by atoms with E-state index in [-0.39, 0.29) is 11.5 Å². The zero-order valence-corrected chi connectivity index (χ0v) is 13.7. The first-order valence-corrected chi connectivity index (χ1v) is 8.57. The Labute approximate surface area is 142 Å². The Kier molecular flexibility index (Phi) is 5.08. The van der Waals surface area contributed by atoms with Gasteiger partial charge in [-0.2, -0.15) is 0 Å². The van der Waals surface area contributed by atoms with Gasteiger partial charge < -0.3 is 5.32 Å². The maximum atomic E-state index is 13.8. The second kappa shape index (κ2) is 7.25. The summed E-state index contributed by atoms with van der Waals surface area (Å²) in [6, 6.07) is 6.50. The molecule has 0 radical (unpaired) electrons. The van der Waals surface area contributed by atoms with Gasteiger partial charge in [0.05, 0.1) is 17.2 Å². The molecular formula is C16H16F2N4OS. The average molecular weight is 350 g/mol. The van der Waals surface area contributed by atoms with E-state index < -0.39 is 23.8 Å². The fourth-order valence-electron chi connectivity index (χ4n) is 2.59. The molecule has 0 saturated carbocycles. The lowest BCUT2D eigenvalue weighted by Gasteiger charge is -2.13. The van der Waals surface area contributed by atoms with Gasteiger partial charge in [0, 0.05) is 23.7 Å². The molecule has 2 unspecified atom stereocenters. The van der Waals surface area contributed by atoms with Crippen molar-refractivity contribution in [2.75, 3.05) is 6.26 Å². The molecule has 3 N–H and O–H groups in total. The van der Waals surface area contributed by atoms with Crippen molar-refractivity contribution in [1.82, 2.24) is 21.2 Å². The summed E-state index contributed by atoms with van der Waals surface area (Å²) in [5.41, 5.74) is 6.13. The Bertz CT molecular complexity index is 738. The number of carbonyl (C=O) groups excluding carboxylic acids is 1. The number of thioether (sulfide) groups is 1. The predicted molar refractivity (Wildman–Crippen MR) is 87.3 cm³/mol. The van der Waals surface area contributed by atoms with Crippen LogP contribution in [0.4, 0.5) is 8.78 Å². The van der Waals surface area contributed by atoms with E-state index in [4.69, 9.17) is 0 Å². The van der Waals surface area contributed by atoms with Crippen molar-refractivity contribution < 1.29 is 13.6 Å². The van der Waals surface area contributed by atoms with E-state index >= 15 is 0 Å². The third-order valence-corrected chi connectivity index (χ3v) is 4.40. The van der Waals surface area contributed by atoms with E-state index in [2.05, 4.69) is 21.2 Å². The predicted octanol–water partition coefficient (Wildman–Crippen LogP) is 2.38. The van der Waals surface area contributed by atoms with E-state index in [0.717, 1.165) is 5.03 Å². The molecule has 0 bridgehead atoms. The van der Waals surface area contributed by atoms with E-state index in [9.17, 15) is 13.6 Å². The van der Waals surface area contributed by atoms with Crippen molar-refractivity contribution in [3.8, 4) is 0 Å². The number of aromatic nitrogens is 1. The molecule has 3 rings (SSSR count). The van der Waals surface area contributed by atoms with Gasteiger partial charge in [-0.1, -0.05) is 6.07 Å². The maximum absolute atomic E-state index is 13.8. The summed E-state index contributed by atoms with van der Waals surface area (Å²) in [6.07, 6.45) is 3.33. The fourth-order valence-corrected chi connectivity index (χ4v) is 3.00. The van der Waals surface area contributed by atoms with Crippen molar-refractivity contribution in [2.24, 2.45) is 0 Å². The minimum absolute atomic E-state index is 0.0321. The number of nitrogens with zero attached hydrogens (tertiary/aromatic N) is 1. The summed E-state index contributed by atoms with van der Waals surface area (Å²) < 4.78 is 27.7. The monoisotopic (exact) mass is 350 g/mol. The van der Waals surface area contributed by atoms with Gasteiger partial charge in [-0.05, 0) is 30.5 Å². The average Bonchev–Trinajstić information content (AvgIpc) is 3.02. The fraction of sp³-hybridized carbons (Fsp3) is 0.250. The Morgan fingerprint density at radius 2 is 2.04 bits per heavy atom. The van der Waals surface area contributed by atoms with Crippen LogP contribution in [-0.2, 0) is 0 Å². The van der Waals surface area contributed by atoms with Crippen LogP contribution in [-0.4, -0.2) is 23.3 Å². The summed E-state index contributed by atoms with van der Waals surface area (Å²) in [4.78, 5) is 16.4. The van der Waals surface area contributed by atoms with Gasteiger partial charge in [0.25, 0.3) is 5.91 Å². The zero-order valence-electron chi connectivity index (χ0n) is 12.8. The second-order valence-corrected chi connectivity index (χ2v) is 6.15. The number of rotatable bonds is 4. The van der Waals surface area contributed by atoms with Crippen LogP contribution in [0.3, 0.4) is 0 Å². The van der Waals surface area contributed by atoms with Gasteiger partial charge in [-0.25, -0.2) is 24.6 Å². The molecule has 1 saturated heterocycles. The van der Waals surface area contributed by atoms with Crippen LogP contribution in [0.5, 0.6) is 0 Å². The molecule has 1 aliphatic heterocycles. The number of amides is 1. The molecule has 1 amide bonds. The third-order valence-electron chi connectivity index (χ3n) is 3.76. The minimum atomic E-state index is -0.611. The number of nitrogens with one attached hydrogen (secondary N) is 3. The number of hydrogen-bond acceptors (Lipinski definition) is 5. The van der Waals surface area contributed by atoms with Crippen molar-refractivity contribution >= 4 is 17.7 Å². The molecule has 1 aromatic carbocycles. The van der Waals surface area contributed by atoms with Crippen molar-refractivity contribution in [3.05, 3.63) is 59.3 Å². The molecule has 0 spiro atoms. The van der Waals surface area contributed by atoms with Crippen molar-refractivity contribution in [3.63, 3.8) is 0 Å². The summed E-state index contributed by atoms with van der Waals surface area (Å²) in [5, 5.41) is 3.53. The van der Waals surface area contributed by atoms with Gasteiger partial charge in [0.1, 0.15) is 11.6 Å². The first-order valence-electron chi connectivity index (χ1n) is 7.34. The van der Waals surface area contributed by atoms with Gasteiger partial charge >= 0.3 is 0 Å². The summed E-state index contributed by atoms with van der Waals surface area (Å²) >= 11 is 1.44. The number of benzene rings is 1. The molecule has 0 aliphatic carbocycles. The smallest absolute Gasteiger partial charge is 0.252 e. The number of carbonyl (C=O) groups is 1. The first-order chi connectivity index (χ1) is 11.6. The SMILES string of the molecule is CSc1cc(C(=O)NC2CC(c3c(F)cccc3F)NN2)ccn1. The molecule has 2 atom stereocenters. The molecule has 8 heteroatoms. The summed E-state index contributed by atoms with van der Waals surface area (Å²) in [7, 11) is 0. The van der Waals surface area contributed by atoms with Gasteiger partial charge in [-0.3, -0.25) is 4.79 Å². The highest BCUT2D eigenvalue weighted by atomic mass is 32.2. The number of hydrazine groups is 1. The lowest BCUT2D eigenvalue weighted by Crippen LogP contribution is -2.44. The van der Waals surface area contributed by atoms with Gasteiger partial charge in [0.2, 0.25) is 0 Å². The molecule has 2 heterocycles. The highest BCUT2D eigenvalue weighted by Crippen LogP contribution is 2.26. The van der Waals surface area contributed by atoms with E-state index in [1.807, 2.05) is 6.26 Å². The van der Waals surface area contributed by atoms with Crippen LogP contribution in [0.15, 0.2) is 41.6 Å². The first kappa shape index (κ1) is 16.8. The zero-order chi connectivity index (χ0) is 17.1. The lowest BCUT2D eigenvalue weighted by molar-refractivity contribution is 0.0932. The second-order valence-electron chi connectivity index (χ2n) is 5.33. The molecule has 1 fully saturated rings. The van der Waals surface area contributed by atoms with Crippen LogP contribution in [0.2, 0.25) is 0 Å². The minimum Gasteiger partial charge on any atom is -0.335 e. The van der Waals surface area contributed by atoms with E-state index in [1.165, 1.54) is 30.0 Å². The Balaban J connectivity index is 1.67. The third kappa shape index (κ3) is 3.55. The van der Waals surface area contributed by atoms with Crippen LogP contribution < -0.4 is 16.2 Å². The molecular weight excluding hydrogens is 334 g/mol. The largest absolute Gasteiger partial charge is 0.335 e. The molecule has 24 heavy (non-hydrogen) atoms. The lowest BCUT2D eigenvalue weighted by atomic mass is 10.0. The quantitative estimate of drug-likeness (QED) is 0.739. The van der Waals surface area contributed by atoms with Crippen LogP contribution in [0, 0.1) is 11.6 Å². The van der Waals surface area contributed by atoms with Crippen LogP contribution in [0.25, 0.3) is 0 Å². The van der Waals surface area contributed by atoms with Gasteiger partial charge in [-0.15, -0.1) is 11.8 Å². The van der Waals surface area contributed by atoms with E-state index in [0.29, 0.717) is 12.0 Å². The highest BCUT2D eigenvalue weighted by molar-refractivity contribution is 7.98. The van der Waals surface area contributed by atoms with Crippen LogP contribution in [0.1, 0.15) is 28.4 Å². The van der Waals surface area contributed by atoms with Gasteiger partial charge in [0.15, 0.2) is 0 Å². The Hall–Kier alpha value is -2.03. The summed E-state index contributed by atoms with van der Waals surface area (Å²) in [5.74, 6) is -1.50. The van der Waals surface area contributed by atoms with E-state index in [1.54, 1.807) is 18.3 Å². The molecule has 126 valence electrons. The molecule has 1 aliphatic rings. The highest BCUT2D eigenvalue weighted by Gasteiger charge is 2.30. The Morgan fingerprint density at radius 3 is 2.75 bits per heavy atom. The number of hydrogen-bond donors (Lipinski definition) is 3. The standard InChI is InChI=1S/C16H16F2N4OS/c1-24-14-7-9(5-6-19-14)16(23)20-13-8-12(21-22-13)15-10(17)3-2-4-11(15)18/h2-7,12-13,21-22H,8H2,1H3,(H,20,23). The van der Waals surface area contributed by atoms with Crippen molar-refractivity contribution in [1.29, 1.82) is 0 Å². The molecule has 5 nitrogen and oxygen atoms in total. The molecule has 1 aromatic heterocycles. The van der Waals surface area contributed by atoms with Crippen LogP contribution >= 0.6 is 11.8 Å². The number of halogens is 2. The summed E-state index contributed by atoms with van der Waals surface area (Å²) in [6.45, 7) is 0. The topological polar surface area (TPSA) is 66.1 Å². The maximum Gasteiger partial charge on any atom is 0.252 e. The Morgan fingerprint density at radius 1 is 1.29 bits per heavy atom. The normalized spacial score (nSPS) is 20.1.